The van der Waals surface area contributed by atoms with Crippen molar-refractivity contribution in [1.82, 2.24) is 9.47 Å². The smallest absolute Gasteiger partial charge is 0.223 e. The Morgan fingerprint density at radius 3 is 2.52 bits per heavy atom. The number of halogens is 1. The van der Waals surface area contributed by atoms with E-state index >= 15 is 0 Å². The first kappa shape index (κ1) is 21.2. The van der Waals surface area contributed by atoms with E-state index < -0.39 is 0 Å². The van der Waals surface area contributed by atoms with Gasteiger partial charge in [0.05, 0.1) is 6.54 Å². The fraction of sp³-hybridized carbons (Fsp3) is 0.500. The normalized spacial score (nSPS) is 11.6. The largest absolute Gasteiger partial charge is 0.385 e. The van der Waals surface area contributed by atoms with Crippen LogP contribution in [0.4, 0.5) is 4.39 Å². The van der Waals surface area contributed by atoms with Crippen molar-refractivity contribution in [3.8, 4) is 0 Å². The first-order valence-electron chi connectivity index (χ1n) is 9.44. The van der Waals surface area contributed by atoms with Crippen LogP contribution in [0.15, 0.2) is 42.6 Å². The highest BCUT2D eigenvalue weighted by atomic mass is 19.1. The van der Waals surface area contributed by atoms with Crippen LogP contribution in [-0.2, 0) is 22.6 Å². The summed E-state index contributed by atoms with van der Waals surface area (Å²) in [5, 5.41) is 0. The maximum atomic E-state index is 13.1. The van der Waals surface area contributed by atoms with Gasteiger partial charge in [-0.1, -0.05) is 32.9 Å². The van der Waals surface area contributed by atoms with Gasteiger partial charge < -0.3 is 14.2 Å². The van der Waals surface area contributed by atoms with Crippen LogP contribution >= 0.6 is 0 Å². The molecule has 0 saturated carbocycles. The topological polar surface area (TPSA) is 34.5 Å². The Bertz CT molecular complexity index is 717. The van der Waals surface area contributed by atoms with Gasteiger partial charge in [-0.05, 0) is 41.7 Å². The Labute approximate surface area is 161 Å². The van der Waals surface area contributed by atoms with E-state index in [1.807, 2.05) is 23.2 Å². The number of ether oxygens (including phenoxy) is 1. The lowest BCUT2D eigenvalue weighted by Crippen LogP contribution is -2.35. The second kappa shape index (κ2) is 9.70. The Kier molecular flexibility index (Phi) is 7.60. The molecule has 2 rings (SSSR count). The molecule has 0 radical (unpaired) electrons. The molecule has 1 heterocycles. The molecule has 4 nitrogen and oxygen atoms in total. The van der Waals surface area contributed by atoms with Gasteiger partial charge in [0.15, 0.2) is 0 Å². The molecule has 0 fully saturated rings. The molecule has 0 spiro atoms. The summed E-state index contributed by atoms with van der Waals surface area (Å²) in [5.74, 6) is -0.0725. The molecular formula is C22H31FN2O2. The third-order valence-electron chi connectivity index (χ3n) is 4.35. The molecule has 0 aliphatic heterocycles. The lowest BCUT2D eigenvalue weighted by molar-refractivity contribution is -0.134. The molecule has 2 aromatic rings. The van der Waals surface area contributed by atoms with Crippen molar-refractivity contribution in [2.24, 2.45) is 5.41 Å². The highest BCUT2D eigenvalue weighted by molar-refractivity contribution is 5.76. The van der Waals surface area contributed by atoms with E-state index in [0.29, 0.717) is 32.7 Å². The molecule has 27 heavy (non-hydrogen) atoms. The molecule has 5 heteroatoms. The van der Waals surface area contributed by atoms with Gasteiger partial charge in [-0.25, -0.2) is 4.39 Å². The van der Waals surface area contributed by atoms with Gasteiger partial charge >= 0.3 is 0 Å². The van der Waals surface area contributed by atoms with Crippen LogP contribution in [0.25, 0.3) is 0 Å². The van der Waals surface area contributed by atoms with E-state index in [-0.39, 0.29) is 17.1 Å². The summed E-state index contributed by atoms with van der Waals surface area (Å²) in [7, 11) is 1.68. The van der Waals surface area contributed by atoms with E-state index in [4.69, 9.17) is 4.74 Å². The van der Waals surface area contributed by atoms with Gasteiger partial charge in [-0.3, -0.25) is 4.79 Å². The summed E-state index contributed by atoms with van der Waals surface area (Å²) in [6.07, 6.45) is 3.32. The minimum atomic E-state index is -0.233. The Balaban J connectivity index is 2.10. The first-order chi connectivity index (χ1) is 12.8. The van der Waals surface area contributed by atoms with Crippen molar-refractivity contribution in [1.29, 1.82) is 0 Å². The third-order valence-corrected chi connectivity index (χ3v) is 4.35. The highest BCUT2D eigenvalue weighted by Gasteiger charge is 2.22. The standard InChI is InChI=1S/C22H31FN2O2/c1-22(2,3)15-21(26)25(13-6-14-27-4)17-20-7-5-12-24(20)16-18-8-10-19(23)11-9-18/h5,7-12H,6,13-17H2,1-4H3. The molecule has 148 valence electrons. The quantitative estimate of drug-likeness (QED) is 0.607. The Hall–Kier alpha value is -2.14. The summed E-state index contributed by atoms with van der Waals surface area (Å²) in [5.41, 5.74) is 2.05. The fourth-order valence-electron chi connectivity index (χ4n) is 2.99. The average Bonchev–Trinajstić information content (AvgIpc) is 3.01. The predicted molar refractivity (Wildman–Crippen MR) is 106 cm³/mol. The zero-order chi connectivity index (χ0) is 19.9. The molecule has 0 bridgehead atoms. The average molecular weight is 375 g/mol. The number of aromatic nitrogens is 1. The number of hydrogen-bond acceptors (Lipinski definition) is 2. The zero-order valence-corrected chi connectivity index (χ0v) is 16.9. The van der Waals surface area contributed by atoms with Gasteiger partial charge in [-0.2, -0.15) is 0 Å². The maximum Gasteiger partial charge on any atom is 0.223 e. The van der Waals surface area contributed by atoms with Gasteiger partial charge in [-0.15, -0.1) is 0 Å². The third kappa shape index (κ3) is 7.18. The molecule has 0 saturated heterocycles. The lowest BCUT2D eigenvalue weighted by atomic mass is 9.91. The number of methoxy groups -OCH3 is 1. The fourth-order valence-corrected chi connectivity index (χ4v) is 2.99. The number of amides is 1. The number of rotatable bonds is 9. The molecule has 1 aromatic heterocycles. The van der Waals surface area contributed by atoms with Crippen LogP contribution in [0, 0.1) is 11.2 Å². The molecule has 0 aliphatic carbocycles. The minimum absolute atomic E-state index is 0.0489. The summed E-state index contributed by atoms with van der Waals surface area (Å²) in [6, 6.07) is 10.6. The lowest BCUT2D eigenvalue weighted by Gasteiger charge is -2.27. The Morgan fingerprint density at radius 1 is 1.19 bits per heavy atom. The van der Waals surface area contributed by atoms with Crippen molar-refractivity contribution < 1.29 is 13.9 Å². The number of benzene rings is 1. The van der Waals surface area contributed by atoms with E-state index in [1.54, 1.807) is 19.2 Å². The monoisotopic (exact) mass is 374 g/mol. The van der Waals surface area contributed by atoms with Crippen molar-refractivity contribution in [3.05, 3.63) is 59.7 Å². The van der Waals surface area contributed by atoms with E-state index in [0.717, 1.165) is 17.7 Å². The van der Waals surface area contributed by atoms with E-state index in [1.165, 1.54) is 12.1 Å². The van der Waals surface area contributed by atoms with E-state index in [2.05, 4.69) is 25.3 Å². The van der Waals surface area contributed by atoms with Crippen molar-refractivity contribution in [2.75, 3.05) is 20.3 Å². The first-order valence-corrected chi connectivity index (χ1v) is 9.44. The zero-order valence-electron chi connectivity index (χ0n) is 16.9. The summed E-state index contributed by atoms with van der Waals surface area (Å²) in [4.78, 5) is 14.7. The predicted octanol–water partition coefficient (Wildman–Crippen LogP) is 4.48. The maximum absolute atomic E-state index is 13.1. The van der Waals surface area contributed by atoms with Crippen LogP contribution in [0.5, 0.6) is 0 Å². The van der Waals surface area contributed by atoms with Crippen molar-refractivity contribution >= 4 is 5.91 Å². The summed E-state index contributed by atoms with van der Waals surface area (Å²) in [6.45, 7) is 8.76. The van der Waals surface area contributed by atoms with Crippen LogP contribution in [-0.4, -0.2) is 35.6 Å². The SMILES string of the molecule is COCCCN(Cc1cccn1Cc1ccc(F)cc1)C(=O)CC(C)(C)C. The molecule has 0 N–H and O–H groups in total. The molecule has 1 aromatic carbocycles. The van der Waals surface area contributed by atoms with Crippen LogP contribution in [0.2, 0.25) is 0 Å². The Morgan fingerprint density at radius 2 is 1.89 bits per heavy atom. The number of carbonyl (C=O) groups excluding carboxylic acids is 1. The van der Waals surface area contributed by atoms with Gasteiger partial charge in [0.2, 0.25) is 5.91 Å². The molecule has 0 aliphatic rings. The van der Waals surface area contributed by atoms with Crippen molar-refractivity contribution in [3.63, 3.8) is 0 Å². The van der Waals surface area contributed by atoms with Crippen LogP contribution in [0.3, 0.4) is 0 Å². The van der Waals surface area contributed by atoms with Gasteiger partial charge in [0.1, 0.15) is 5.82 Å². The van der Waals surface area contributed by atoms with Gasteiger partial charge in [0.25, 0.3) is 0 Å². The number of nitrogens with zero attached hydrogens (tertiary/aromatic N) is 2. The van der Waals surface area contributed by atoms with Crippen molar-refractivity contribution in [2.45, 2.75) is 46.7 Å². The summed E-state index contributed by atoms with van der Waals surface area (Å²) >= 11 is 0. The second-order valence-electron chi connectivity index (χ2n) is 8.15. The number of hydrogen-bond donors (Lipinski definition) is 0. The van der Waals surface area contributed by atoms with Crippen LogP contribution in [0.1, 0.15) is 44.9 Å². The van der Waals surface area contributed by atoms with Crippen LogP contribution < -0.4 is 0 Å². The highest BCUT2D eigenvalue weighted by Crippen LogP contribution is 2.21. The van der Waals surface area contributed by atoms with Gasteiger partial charge in [0, 0.05) is 45.1 Å². The molecule has 0 unspecified atom stereocenters. The molecular weight excluding hydrogens is 343 g/mol. The van der Waals surface area contributed by atoms with E-state index in [9.17, 15) is 9.18 Å². The minimum Gasteiger partial charge on any atom is -0.385 e. The number of carbonyl (C=O) groups is 1. The molecule has 1 amide bonds. The second-order valence-corrected chi connectivity index (χ2v) is 8.15. The summed E-state index contributed by atoms with van der Waals surface area (Å²) < 4.78 is 20.4. The molecule has 0 atom stereocenters.